The maximum absolute atomic E-state index is 13.8. The molecule has 3 unspecified atom stereocenters. The Labute approximate surface area is 166 Å². The minimum Gasteiger partial charge on any atom is -0.377 e. The molecule has 1 amide bonds. The number of ether oxygens (including phenoxy) is 1. The number of carbonyl (C=O) groups is 1. The molecule has 0 radical (unpaired) electrons. The Morgan fingerprint density at radius 1 is 1.32 bits per heavy atom. The number of hydrogen-bond acceptors (Lipinski definition) is 4. The molecular weight excluding hydrogens is 352 g/mol. The zero-order valence-electron chi connectivity index (χ0n) is 16.6. The van der Waals surface area contributed by atoms with Crippen molar-refractivity contribution in [2.24, 2.45) is 23.0 Å². The van der Waals surface area contributed by atoms with Crippen LogP contribution < -0.4 is 5.73 Å². The fourth-order valence-electron chi connectivity index (χ4n) is 6.01. The Morgan fingerprint density at radius 3 is 2.54 bits per heavy atom. The Morgan fingerprint density at radius 2 is 2.00 bits per heavy atom. The molecule has 4 rings (SSSR count). The average molecular weight is 380 g/mol. The van der Waals surface area contributed by atoms with Crippen LogP contribution in [0, 0.1) is 34.0 Å². The van der Waals surface area contributed by atoms with Crippen molar-refractivity contribution in [1.82, 2.24) is 4.90 Å². The number of nitriles is 1. The van der Waals surface area contributed by atoms with Crippen molar-refractivity contribution >= 4 is 11.9 Å². The van der Waals surface area contributed by atoms with Gasteiger partial charge in [0.05, 0.1) is 36.8 Å². The first-order valence-corrected chi connectivity index (χ1v) is 10.1. The van der Waals surface area contributed by atoms with Crippen molar-refractivity contribution in [2.45, 2.75) is 51.5 Å². The van der Waals surface area contributed by atoms with Crippen molar-refractivity contribution in [3.8, 4) is 6.07 Å². The maximum atomic E-state index is 13.8. The Kier molecular flexibility index (Phi) is 4.67. The van der Waals surface area contributed by atoms with Crippen LogP contribution in [0.15, 0.2) is 18.2 Å². The summed E-state index contributed by atoms with van der Waals surface area (Å²) in [7, 11) is 0. The molecule has 1 aromatic rings. The number of fused-ring (bicyclic) bond motifs is 1. The van der Waals surface area contributed by atoms with E-state index in [0.717, 1.165) is 30.4 Å². The van der Waals surface area contributed by atoms with Gasteiger partial charge in [0, 0.05) is 0 Å². The van der Waals surface area contributed by atoms with Crippen LogP contribution in [0.25, 0.3) is 0 Å². The maximum Gasteiger partial charge on any atom is 0.237 e. The van der Waals surface area contributed by atoms with Crippen LogP contribution in [0.1, 0.15) is 55.7 Å². The second-order valence-corrected chi connectivity index (χ2v) is 9.14. The highest BCUT2D eigenvalue weighted by Gasteiger charge is 2.54. The average Bonchev–Trinajstić information content (AvgIpc) is 2.87. The second-order valence-electron chi connectivity index (χ2n) is 9.14. The van der Waals surface area contributed by atoms with E-state index < -0.39 is 0 Å². The van der Waals surface area contributed by atoms with Crippen molar-refractivity contribution in [3.05, 3.63) is 34.9 Å². The van der Waals surface area contributed by atoms with Gasteiger partial charge in [0.25, 0.3) is 0 Å². The minimum atomic E-state index is -0.356. The number of nitrogens with zero attached hydrogens (tertiary/aromatic N) is 2. The monoisotopic (exact) mass is 380 g/mol. The summed E-state index contributed by atoms with van der Waals surface area (Å²) in [6, 6.07) is 7.78. The van der Waals surface area contributed by atoms with Crippen molar-refractivity contribution in [1.29, 1.82) is 10.7 Å². The number of hydrogen-bond donors (Lipinski definition) is 2. The molecule has 6 nitrogen and oxygen atoms in total. The van der Waals surface area contributed by atoms with Crippen LogP contribution >= 0.6 is 0 Å². The summed E-state index contributed by atoms with van der Waals surface area (Å²) in [5.41, 5.74) is 8.37. The molecule has 2 fully saturated rings. The van der Waals surface area contributed by atoms with E-state index in [1.807, 2.05) is 18.2 Å². The van der Waals surface area contributed by atoms with E-state index in [9.17, 15) is 10.1 Å². The van der Waals surface area contributed by atoms with Gasteiger partial charge in [-0.3, -0.25) is 15.1 Å². The molecule has 3 atom stereocenters. The first-order valence-electron chi connectivity index (χ1n) is 10.1. The lowest BCUT2D eigenvalue weighted by atomic mass is 9.60. The smallest absolute Gasteiger partial charge is 0.237 e. The fraction of sp³-hybridized carbons (Fsp3) is 0.591. The molecule has 1 saturated heterocycles. The molecule has 148 valence electrons. The summed E-state index contributed by atoms with van der Waals surface area (Å²) >= 11 is 0. The first-order chi connectivity index (χ1) is 13.3. The van der Waals surface area contributed by atoms with Gasteiger partial charge in [0.1, 0.15) is 0 Å². The standard InChI is InChI=1S/C22H28N4O2/c1-13-5-14(2)8-22(7-13)9-16-4-3-15(10-23)6-18(16)19(22)20(27)26(21(24)25)17-11-28-12-17/h3-4,6,13-14,17,19H,5,7-9,11-12H2,1-2H3,(H3,24,25). The molecule has 28 heavy (non-hydrogen) atoms. The molecule has 1 heterocycles. The van der Waals surface area contributed by atoms with Gasteiger partial charge in [-0.05, 0) is 66.2 Å². The van der Waals surface area contributed by atoms with Gasteiger partial charge in [-0.15, -0.1) is 0 Å². The number of carbonyl (C=O) groups excluding carboxylic acids is 1. The third kappa shape index (κ3) is 2.98. The highest BCUT2D eigenvalue weighted by atomic mass is 16.5. The Balaban J connectivity index is 1.80. The van der Waals surface area contributed by atoms with Gasteiger partial charge in [0.2, 0.25) is 5.91 Å². The number of benzene rings is 1. The predicted octanol–water partition coefficient (Wildman–Crippen LogP) is 2.76. The molecular formula is C22H28N4O2. The topological polar surface area (TPSA) is 103 Å². The molecule has 3 aliphatic rings. The van der Waals surface area contributed by atoms with E-state index in [-0.39, 0.29) is 29.2 Å². The summed E-state index contributed by atoms with van der Waals surface area (Å²) in [4.78, 5) is 15.3. The molecule has 0 aromatic heterocycles. The molecule has 1 saturated carbocycles. The lowest BCUT2D eigenvalue weighted by Crippen LogP contribution is -2.58. The van der Waals surface area contributed by atoms with Gasteiger partial charge >= 0.3 is 0 Å². The molecule has 3 N–H and O–H groups in total. The summed E-state index contributed by atoms with van der Waals surface area (Å²) in [6.45, 7) is 5.38. The number of nitrogens with one attached hydrogen (secondary N) is 1. The van der Waals surface area contributed by atoms with Gasteiger partial charge < -0.3 is 10.5 Å². The number of rotatable bonds is 2. The Hall–Kier alpha value is -2.39. The third-order valence-electron chi connectivity index (χ3n) is 6.79. The van der Waals surface area contributed by atoms with E-state index in [1.54, 1.807) is 0 Å². The summed E-state index contributed by atoms with van der Waals surface area (Å²) in [6.07, 6.45) is 4.00. The minimum absolute atomic E-state index is 0.101. The van der Waals surface area contributed by atoms with E-state index in [2.05, 4.69) is 19.9 Å². The summed E-state index contributed by atoms with van der Waals surface area (Å²) in [5.74, 6) is 0.417. The van der Waals surface area contributed by atoms with E-state index in [4.69, 9.17) is 15.9 Å². The van der Waals surface area contributed by atoms with Crippen LogP contribution in [0.3, 0.4) is 0 Å². The highest BCUT2D eigenvalue weighted by molar-refractivity contribution is 5.99. The second kappa shape index (κ2) is 6.89. The van der Waals surface area contributed by atoms with E-state index >= 15 is 0 Å². The lowest BCUT2D eigenvalue weighted by Gasteiger charge is -2.46. The molecule has 1 aliphatic heterocycles. The number of nitrogens with two attached hydrogens (primary N) is 1. The summed E-state index contributed by atoms with van der Waals surface area (Å²) in [5, 5.41) is 17.4. The zero-order valence-corrected chi connectivity index (χ0v) is 16.6. The predicted molar refractivity (Wildman–Crippen MR) is 106 cm³/mol. The quantitative estimate of drug-likeness (QED) is 0.608. The molecule has 1 aromatic carbocycles. The van der Waals surface area contributed by atoms with Crippen molar-refractivity contribution < 1.29 is 9.53 Å². The van der Waals surface area contributed by atoms with Crippen molar-refractivity contribution in [3.63, 3.8) is 0 Å². The van der Waals surface area contributed by atoms with Crippen LogP contribution in [-0.2, 0) is 16.0 Å². The van der Waals surface area contributed by atoms with Crippen LogP contribution in [-0.4, -0.2) is 36.0 Å². The third-order valence-corrected chi connectivity index (χ3v) is 6.79. The van der Waals surface area contributed by atoms with E-state index in [0.29, 0.717) is 30.6 Å². The Bertz CT molecular complexity index is 845. The van der Waals surface area contributed by atoms with Gasteiger partial charge in [-0.2, -0.15) is 5.26 Å². The molecule has 2 aliphatic carbocycles. The zero-order chi connectivity index (χ0) is 20.1. The molecule has 0 bridgehead atoms. The molecule has 6 heteroatoms. The number of guanidine groups is 1. The van der Waals surface area contributed by atoms with Gasteiger partial charge in [0.15, 0.2) is 5.96 Å². The lowest BCUT2D eigenvalue weighted by molar-refractivity contribution is -0.142. The normalized spacial score (nSPS) is 31.7. The van der Waals surface area contributed by atoms with Gasteiger partial charge in [-0.1, -0.05) is 19.9 Å². The SMILES string of the molecule is CC1CC(C)CC2(Cc3ccc(C#N)cc3C2C(=O)N(C(=N)N)C2COC2)C1. The number of amides is 1. The van der Waals surface area contributed by atoms with Crippen molar-refractivity contribution in [2.75, 3.05) is 13.2 Å². The molecule has 1 spiro atoms. The largest absolute Gasteiger partial charge is 0.377 e. The van der Waals surface area contributed by atoms with Crippen LogP contribution in [0.4, 0.5) is 0 Å². The summed E-state index contributed by atoms with van der Waals surface area (Å²) < 4.78 is 5.27. The van der Waals surface area contributed by atoms with Crippen LogP contribution in [0.2, 0.25) is 0 Å². The fourth-order valence-corrected chi connectivity index (χ4v) is 6.01. The van der Waals surface area contributed by atoms with Gasteiger partial charge in [-0.25, -0.2) is 0 Å². The first kappa shape index (κ1) is 18.9. The van der Waals surface area contributed by atoms with Crippen LogP contribution in [0.5, 0.6) is 0 Å². The highest BCUT2D eigenvalue weighted by Crippen LogP contribution is 2.58. The van der Waals surface area contributed by atoms with E-state index in [1.165, 1.54) is 11.3 Å².